The zero-order valence-electron chi connectivity index (χ0n) is 11.5. The largest absolute Gasteiger partial charge is 0.478 e. The van der Waals surface area contributed by atoms with Gasteiger partial charge in [-0.05, 0) is 36.2 Å². The molecule has 0 heterocycles. The molecule has 0 aliphatic rings. The standard InChI is InChI=1S/C16H15NO4/c1-11-9-13(15(18)19)7-8-14(11)17-16(20)21-10-12-5-3-2-4-6-12/h2-9H,10H2,1H3,(H,17,20)(H,18,19). The second kappa shape index (κ2) is 6.56. The van der Waals surface area contributed by atoms with E-state index >= 15 is 0 Å². The van der Waals surface area contributed by atoms with Crippen molar-refractivity contribution < 1.29 is 19.4 Å². The normalized spacial score (nSPS) is 9.95. The molecular weight excluding hydrogens is 270 g/mol. The number of benzene rings is 2. The van der Waals surface area contributed by atoms with E-state index in [0.717, 1.165) is 5.56 Å². The topological polar surface area (TPSA) is 75.6 Å². The van der Waals surface area contributed by atoms with E-state index in [1.54, 1.807) is 13.0 Å². The Morgan fingerprint density at radius 3 is 2.48 bits per heavy atom. The molecule has 0 saturated heterocycles. The van der Waals surface area contributed by atoms with Crippen LogP contribution in [0, 0.1) is 6.92 Å². The predicted molar refractivity (Wildman–Crippen MR) is 78.4 cm³/mol. The van der Waals surface area contributed by atoms with Gasteiger partial charge in [0.25, 0.3) is 0 Å². The monoisotopic (exact) mass is 285 g/mol. The average molecular weight is 285 g/mol. The quantitative estimate of drug-likeness (QED) is 0.902. The highest BCUT2D eigenvalue weighted by molar-refractivity contribution is 5.90. The van der Waals surface area contributed by atoms with Gasteiger partial charge in [-0.1, -0.05) is 30.3 Å². The van der Waals surface area contributed by atoms with Crippen molar-refractivity contribution in [1.29, 1.82) is 0 Å². The molecule has 0 atom stereocenters. The van der Waals surface area contributed by atoms with Crippen molar-refractivity contribution in [3.63, 3.8) is 0 Å². The Labute approximate surface area is 122 Å². The molecule has 108 valence electrons. The number of anilines is 1. The van der Waals surface area contributed by atoms with Gasteiger partial charge < -0.3 is 9.84 Å². The van der Waals surface area contributed by atoms with Gasteiger partial charge in [0.1, 0.15) is 6.61 Å². The van der Waals surface area contributed by atoms with Crippen molar-refractivity contribution in [2.45, 2.75) is 13.5 Å². The molecule has 2 aromatic rings. The molecule has 21 heavy (non-hydrogen) atoms. The summed E-state index contributed by atoms with van der Waals surface area (Å²) in [6, 6.07) is 13.8. The summed E-state index contributed by atoms with van der Waals surface area (Å²) < 4.78 is 5.10. The maximum atomic E-state index is 11.7. The number of ether oxygens (including phenoxy) is 1. The molecule has 1 amide bonds. The van der Waals surface area contributed by atoms with E-state index < -0.39 is 12.1 Å². The molecule has 0 bridgehead atoms. The molecule has 2 aromatic carbocycles. The van der Waals surface area contributed by atoms with E-state index in [4.69, 9.17) is 9.84 Å². The smallest absolute Gasteiger partial charge is 0.411 e. The van der Waals surface area contributed by atoms with E-state index in [1.165, 1.54) is 12.1 Å². The number of carboxylic acid groups (broad SMARTS) is 1. The van der Waals surface area contributed by atoms with Crippen molar-refractivity contribution in [1.82, 2.24) is 0 Å². The Balaban J connectivity index is 1.95. The van der Waals surface area contributed by atoms with Gasteiger partial charge in [0.15, 0.2) is 0 Å². The SMILES string of the molecule is Cc1cc(C(=O)O)ccc1NC(=O)OCc1ccccc1. The minimum Gasteiger partial charge on any atom is -0.478 e. The summed E-state index contributed by atoms with van der Waals surface area (Å²) in [4.78, 5) is 22.5. The van der Waals surface area contributed by atoms with Gasteiger partial charge in [0, 0.05) is 5.69 Å². The molecule has 0 fully saturated rings. The third kappa shape index (κ3) is 4.07. The number of hydrogen-bond donors (Lipinski definition) is 2. The third-order valence-electron chi connectivity index (χ3n) is 2.92. The van der Waals surface area contributed by atoms with Gasteiger partial charge in [-0.15, -0.1) is 0 Å². The number of aromatic carboxylic acids is 1. The zero-order chi connectivity index (χ0) is 15.2. The van der Waals surface area contributed by atoms with Crippen molar-refractivity contribution in [2.75, 3.05) is 5.32 Å². The fourth-order valence-corrected chi connectivity index (χ4v) is 1.81. The molecule has 0 saturated carbocycles. The first-order valence-corrected chi connectivity index (χ1v) is 6.38. The summed E-state index contributed by atoms with van der Waals surface area (Å²) in [5.41, 5.74) is 2.26. The van der Waals surface area contributed by atoms with Crippen LogP contribution in [0.1, 0.15) is 21.5 Å². The summed E-state index contributed by atoms with van der Waals surface area (Å²) in [6.45, 7) is 1.90. The minimum atomic E-state index is -1.00. The molecular formula is C16H15NO4. The molecule has 0 aliphatic carbocycles. The third-order valence-corrected chi connectivity index (χ3v) is 2.92. The van der Waals surface area contributed by atoms with Crippen LogP contribution in [0.2, 0.25) is 0 Å². The van der Waals surface area contributed by atoms with Crippen LogP contribution in [-0.2, 0) is 11.3 Å². The van der Waals surface area contributed by atoms with Crippen molar-refractivity contribution in [2.24, 2.45) is 0 Å². The summed E-state index contributed by atoms with van der Waals surface area (Å²) in [6.07, 6.45) is -0.579. The van der Waals surface area contributed by atoms with Crippen LogP contribution in [0.3, 0.4) is 0 Å². The van der Waals surface area contributed by atoms with Crippen LogP contribution in [-0.4, -0.2) is 17.2 Å². The first-order chi connectivity index (χ1) is 10.1. The lowest BCUT2D eigenvalue weighted by Crippen LogP contribution is -2.14. The Bertz CT molecular complexity index is 653. The van der Waals surface area contributed by atoms with Crippen molar-refractivity contribution in [3.8, 4) is 0 Å². The van der Waals surface area contributed by atoms with Crippen LogP contribution < -0.4 is 5.32 Å². The van der Waals surface area contributed by atoms with E-state index in [9.17, 15) is 9.59 Å². The number of nitrogens with one attached hydrogen (secondary N) is 1. The van der Waals surface area contributed by atoms with E-state index in [-0.39, 0.29) is 12.2 Å². The van der Waals surface area contributed by atoms with Gasteiger partial charge in [-0.3, -0.25) is 5.32 Å². The molecule has 5 nitrogen and oxygen atoms in total. The van der Waals surface area contributed by atoms with Crippen molar-refractivity contribution in [3.05, 3.63) is 65.2 Å². The van der Waals surface area contributed by atoms with Gasteiger partial charge in [-0.25, -0.2) is 9.59 Å². The van der Waals surface area contributed by atoms with Crippen LogP contribution in [0.5, 0.6) is 0 Å². The average Bonchev–Trinajstić information content (AvgIpc) is 2.48. The van der Waals surface area contributed by atoms with Crippen molar-refractivity contribution >= 4 is 17.7 Å². The lowest BCUT2D eigenvalue weighted by molar-refractivity contribution is 0.0696. The molecule has 2 N–H and O–H groups in total. The van der Waals surface area contributed by atoms with E-state index in [2.05, 4.69) is 5.32 Å². The predicted octanol–water partition coefficient (Wildman–Crippen LogP) is 3.44. The van der Waals surface area contributed by atoms with Crippen LogP contribution in [0.4, 0.5) is 10.5 Å². The molecule has 0 radical (unpaired) electrons. The molecule has 2 rings (SSSR count). The van der Waals surface area contributed by atoms with E-state index in [1.807, 2.05) is 30.3 Å². The lowest BCUT2D eigenvalue weighted by atomic mass is 10.1. The lowest BCUT2D eigenvalue weighted by Gasteiger charge is -2.10. The number of hydrogen-bond acceptors (Lipinski definition) is 3. The number of rotatable bonds is 4. The molecule has 0 spiro atoms. The minimum absolute atomic E-state index is 0.177. The first kappa shape index (κ1) is 14.6. The molecule has 0 unspecified atom stereocenters. The highest BCUT2D eigenvalue weighted by atomic mass is 16.5. The Morgan fingerprint density at radius 2 is 1.86 bits per heavy atom. The molecule has 0 aliphatic heterocycles. The van der Waals surface area contributed by atoms with Crippen LogP contribution in [0.25, 0.3) is 0 Å². The van der Waals surface area contributed by atoms with Crippen LogP contribution in [0.15, 0.2) is 48.5 Å². The number of aryl methyl sites for hydroxylation is 1. The number of carbonyl (C=O) groups excluding carboxylic acids is 1. The summed E-state index contributed by atoms with van der Waals surface area (Å²) >= 11 is 0. The maximum Gasteiger partial charge on any atom is 0.411 e. The van der Waals surface area contributed by atoms with Crippen LogP contribution >= 0.6 is 0 Å². The Hall–Kier alpha value is -2.82. The van der Waals surface area contributed by atoms with Gasteiger partial charge in [-0.2, -0.15) is 0 Å². The van der Waals surface area contributed by atoms with Gasteiger partial charge >= 0.3 is 12.1 Å². The van der Waals surface area contributed by atoms with E-state index in [0.29, 0.717) is 11.3 Å². The number of carbonyl (C=O) groups is 2. The zero-order valence-corrected chi connectivity index (χ0v) is 11.5. The summed E-state index contributed by atoms with van der Waals surface area (Å²) in [5.74, 6) is -1.00. The molecule has 0 aromatic heterocycles. The van der Waals surface area contributed by atoms with Gasteiger partial charge in [0.05, 0.1) is 5.56 Å². The first-order valence-electron chi connectivity index (χ1n) is 6.38. The highest BCUT2D eigenvalue weighted by Gasteiger charge is 2.09. The Kier molecular flexibility index (Phi) is 4.56. The summed E-state index contributed by atoms with van der Waals surface area (Å²) in [7, 11) is 0. The number of amides is 1. The molecule has 5 heteroatoms. The fraction of sp³-hybridized carbons (Fsp3) is 0.125. The Morgan fingerprint density at radius 1 is 1.14 bits per heavy atom. The summed E-state index contributed by atoms with van der Waals surface area (Å²) in [5, 5.41) is 11.5. The number of carboxylic acids is 1. The fourth-order valence-electron chi connectivity index (χ4n) is 1.81. The highest BCUT2D eigenvalue weighted by Crippen LogP contribution is 2.17. The second-order valence-corrected chi connectivity index (χ2v) is 4.52. The van der Waals surface area contributed by atoms with Gasteiger partial charge in [0.2, 0.25) is 0 Å². The second-order valence-electron chi connectivity index (χ2n) is 4.52. The maximum absolute atomic E-state index is 11.7.